The molecule has 0 saturated carbocycles. The molecule has 0 bridgehead atoms. The van der Waals surface area contributed by atoms with Crippen molar-refractivity contribution < 1.29 is 6.85 Å². The Morgan fingerprint density at radius 1 is 0.553 bits per heavy atom. The van der Waals surface area contributed by atoms with Crippen LogP contribution in [0.2, 0.25) is 0 Å². The van der Waals surface area contributed by atoms with Crippen LogP contribution in [0, 0.1) is 11.3 Å². The van der Waals surface area contributed by atoms with Crippen LogP contribution in [0.5, 0.6) is 0 Å². The molecule has 6 aromatic carbocycles. The lowest BCUT2D eigenvalue weighted by atomic mass is 10.0. The first-order valence-corrected chi connectivity index (χ1v) is 12.4. The van der Waals surface area contributed by atoms with Crippen molar-refractivity contribution in [2.24, 2.45) is 0 Å². The Labute approximate surface area is 226 Å². The van der Waals surface area contributed by atoms with E-state index in [-0.39, 0.29) is 29.9 Å². The van der Waals surface area contributed by atoms with Crippen LogP contribution in [0.3, 0.4) is 0 Å². The smallest absolute Gasteiger partial charge is 0.0991 e. The zero-order chi connectivity index (χ0) is 29.6. The van der Waals surface area contributed by atoms with Gasteiger partial charge in [0.25, 0.3) is 0 Å². The van der Waals surface area contributed by atoms with E-state index in [0.717, 1.165) is 60.1 Å². The second-order valence-electron chi connectivity index (χ2n) is 9.39. The van der Waals surface area contributed by atoms with Crippen molar-refractivity contribution >= 4 is 54.4 Å². The molecular weight excluding hydrogens is 462 g/mol. The van der Waals surface area contributed by atoms with Gasteiger partial charge in [0.05, 0.1) is 40.6 Å². The van der Waals surface area contributed by atoms with Gasteiger partial charge in [-0.15, -0.1) is 0 Å². The first-order chi connectivity index (χ1) is 20.9. The first kappa shape index (κ1) is 16.4. The van der Waals surface area contributed by atoms with Gasteiger partial charge in [-0.2, -0.15) is 5.26 Å². The molecule has 0 aliphatic carbocycles. The molecule has 8 rings (SSSR count). The summed E-state index contributed by atoms with van der Waals surface area (Å²) in [6.07, 6.45) is 0. The number of aromatic nitrogens is 2. The van der Waals surface area contributed by atoms with E-state index in [1.165, 1.54) is 0 Å². The van der Waals surface area contributed by atoms with Gasteiger partial charge < -0.3 is 9.13 Å². The van der Waals surface area contributed by atoms with Crippen molar-refractivity contribution in [3.8, 4) is 17.4 Å². The van der Waals surface area contributed by atoms with Crippen LogP contribution in [0.15, 0.2) is 127 Å². The number of nitriles is 1. The number of nitrogens with zero attached hydrogens (tertiary/aromatic N) is 3. The van der Waals surface area contributed by atoms with Crippen LogP contribution >= 0.6 is 0 Å². The molecule has 0 spiro atoms. The van der Waals surface area contributed by atoms with Crippen molar-refractivity contribution in [3.05, 3.63) is 133 Å². The quantitative estimate of drug-likeness (QED) is 0.239. The maximum Gasteiger partial charge on any atom is 0.0991 e. The van der Waals surface area contributed by atoms with Crippen molar-refractivity contribution in [3.63, 3.8) is 0 Å². The van der Waals surface area contributed by atoms with E-state index >= 15 is 0 Å². The summed E-state index contributed by atoms with van der Waals surface area (Å²) in [6.45, 7) is 0. The van der Waals surface area contributed by atoms with E-state index in [9.17, 15) is 5.26 Å². The molecule has 0 saturated heterocycles. The van der Waals surface area contributed by atoms with Crippen molar-refractivity contribution in [2.75, 3.05) is 0 Å². The van der Waals surface area contributed by atoms with Crippen LogP contribution in [0.25, 0.3) is 65.8 Å². The highest BCUT2D eigenvalue weighted by Gasteiger charge is 2.19. The van der Waals surface area contributed by atoms with E-state index in [4.69, 9.17) is 6.85 Å². The topological polar surface area (TPSA) is 33.6 Å². The Kier molecular flexibility index (Phi) is 3.38. The zero-order valence-corrected chi connectivity index (χ0v) is 20.1. The monoisotopic (exact) mass is 488 g/mol. The second kappa shape index (κ2) is 7.83. The lowest BCUT2D eigenvalue weighted by molar-refractivity contribution is 1.16. The fraction of sp³-hybridized carbons (Fsp3) is 0. The van der Waals surface area contributed by atoms with E-state index in [1.54, 1.807) is 12.1 Å². The third-order valence-electron chi connectivity index (χ3n) is 7.41. The number of benzene rings is 6. The van der Waals surface area contributed by atoms with Crippen LogP contribution in [-0.4, -0.2) is 9.13 Å². The Morgan fingerprint density at radius 2 is 1.26 bits per heavy atom. The van der Waals surface area contributed by atoms with Gasteiger partial charge in [0.15, 0.2) is 0 Å². The summed E-state index contributed by atoms with van der Waals surface area (Å²) in [6, 6.07) is 32.4. The van der Waals surface area contributed by atoms with E-state index in [1.807, 2.05) is 53.1 Å². The molecule has 3 heteroatoms. The average Bonchev–Trinajstić information content (AvgIpc) is 3.54. The van der Waals surface area contributed by atoms with Crippen molar-refractivity contribution in [1.82, 2.24) is 9.13 Å². The number of hydrogen-bond donors (Lipinski definition) is 0. The largest absolute Gasteiger partial charge is 0.309 e. The van der Waals surface area contributed by atoms with Crippen LogP contribution in [-0.2, 0) is 0 Å². The zero-order valence-electron chi connectivity index (χ0n) is 25.1. The minimum absolute atomic E-state index is 0.113. The van der Waals surface area contributed by atoms with Gasteiger partial charge in [-0.05, 0) is 71.4 Å². The molecule has 2 heterocycles. The van der Waals surface area contributed by atoms with Gasteiger partial charge in [0.2, 0.25) is 0 Å². The van der Waals surface area contributed by atoms with Crippen LogP contribution in [0.1, 0.15) is 12.4 Å². The van der Waals surface area contributed by atoms with Crippen molar-refractivity contribution in [2.45, 2.75) is 0 Å². The lowest BCUT2D eigenvalue weighted by Crippen LogP contribution is -1.95. The minimum atomic E-state index is -0.423. The van der Waals surface area contributed by atoms with Crippen LogP contribution in [0.4, 0.5) is 0 Å². The molecule has 3 nitrogen and oxygen atoms in total. The van der Waals surface area contributed by atoms with Gasteiger partial charge >= 0.3 is 0 Å². The average molecular weight is 489 g/mol. The third-order valence-corrected chi connectivity index (χ3v) is 7.41. The molecule has 2 aromatic heterocycles. The predicted octanol–water partition coefficient (Wildman–Crippen LogP) is 8.91. The summed E-state index contributed by atoms with van der Waals surface area (Å²) in [4.78, 5) is 0. The normalized spacial score (nSPS) is 13.5. The minimum Gasteiger partial charge on any atom is -0.309 e. The summed E-state index contributed by atoms with van der Waals surface area (Å²) in [5, 5.41) is 15.4. The molecule has 0 fully saturated rings. The molecule has 0 atom stereocenters. The summed E-state index contributed by atoms with van der Waals surface area (Å²) in [7, 11) is 0. The number of fused-ring (bicyclic) bond motifs is 8. The molecule has 0 amide bonds. The molecular formula is C35H21N3. The van der Waals surface area contributed by atoms with Gasteiger partial charge in [0, 0.05) is 32.9 Å². The predicted molar refractivity (Wildman–Crippen MR) is 157 cm³/mol. The Bertz CT molecular complexity index is 2490. The molecule has 0 N–H and O–H groups in total. The Morgan fingerprint density at radius 3 is 2.08 bits per heavy atom. The summed E-state index contributed by atoms with van der Waals surface area (Å²) in [5.41, 5.74) is 4.96. The first-order valence-electron chi connectivity index (χ1n) is 14.9. The lowest BCUT2D eigenvalue weighted by Gasteiger charge is -2.10. The molecule has 38 heavy (non-hydrogen) atoms. The molecule has 0 unspecified atom stereocenters. The maximum atomic E-state index is 9.38. The summed E-state index contributed by atoms with van der Waals surface area (Å²) < 4.78 is 46.7. The van der Waals surface area contributed by atoms with Gasteiger partial charge in [0.1, 0.15) is 0 Å². The highest BCUT2D eigenvalue weighted by atomic mass is 15.0. The fourth-order valence-electron chi connectivity index (χ4n) is 5.81. The number of hydrogen-bond acceptors (Lipinski definition) is 1. The van der Waals surface area contributed by atoms with Gasteiger partial charge in [-0.1, -0.05) is 66.7 Å². The summed E-state index contributed by atoms with van der Waals surface area (Å²) >= 11 is 0. The molecule has 176 valence electrons. The number of rotatable bonds is 2. The highest BCUT2D eigenvalue weighted by Crippen LogP contribution is 2.41. The highest BCUT2D eigenvalue weighted by molar-refractivity contribution is 6.25. The maximum absolute atomic E-state index is 9.38. The van der Waals surface area contributed by atoms with Gasteiger partial charge in [-0.3, -0.25) is 0 Å². The summed E-state index contributed by atoms with van der Waals surface area (Å²) in [5.74, 6) is 0. The van der Waals surface area contributed by atoms with Crippen LogP contribution < -0.4 is 0 Å². The Balaban J connectivity index is 1.62. The van der Waals surface area contributed by atoms with E-state index in [0.29, 0.717) is 5.56 Å². The standard InChI is InChI=1S/C35H21N3/c36-22-23-14-17-26(18-15-23)37-31-13-7-6-12-28(31)29-20-30-34(21-33(29)37)38(25-9-2-1-3-10-25)32-19-16-24-8-4-5-11-27(24)35(30)32/h1-21H/i1D,2D,3D,9D,10D. The van der Waals surface area contributed by atoms with Crippen molar-refractivity contribution in [1.29, 1.82) is 5.26 Å². The molecule has 0 aliphatic rings. The second-order valence-corrected chi connectivity index (χ2v) is 9.39. The SMILES string of the molecule is [2H]c1c([2H])c([2H])c(-n2c3cc4c(cc3c3c5ccccc5ccc32)c2ccccc2n4-c2ccc(C#N)cc2)c([2H])c1[2H]. The Hall–Kier alpha value is -5.33. The molecule has 8 aromatic rings. The third kappa shape index (κ3) is 2.83. The van der Waals surface area contributed by atoms with E-state index < -0.39 is 6.04 Å². The fourth-order valence-corrected chi connectivity index (χ4v) is 5.81. The van der Waals surface area contributed by atoms with Gasteiger partial charge in [-0.25, -0.2) is 0 Å². The molecule has 0 aliphatic heterocycles. The molecule has 0 radical (unpaired) electrons. The van der Waals surface area contributed by atoms with E-state index in [2.05, 4.69) is 47.0 Å². The number of para-hydroxylation sites is 2.